The molecule has 0 aliphatic carbocycles. The first-order chi connectivity index (χ1) is 41.3. The Morgan fingerprint density at radius 1 is 0.190 bits per heavy atom. The third kappa shape index (κ3) is 7.01. The average Bonchev–Trinajstić information content (AvgIpc) is 4.22. The third-order valence-electron chi connectivity index (χ3n) is 18.2. The molecule has 8 heteroatoms. The molecule has 0 saturated carbocycles. The molecule has 0 amide bonds. The van der Waals surface area contributed by atoms with Gasteiger partial charge in [-0.1, -0.05) is 152 Å². The number of nitrogens with zero attached hydrogens (tertiary/aromatic N) is 4. The van der Waals surface area contributed by atoms with E-state index in [0.717, 1.165) is 0 Å². The monoisotopic (exact) mass is 1080 g/mol. The van der Waals surface area contributed by atoms with E-state index < -0.39 is 0 Å². The second-order valence-electron chi connectivity index (χ2n) is 22.6. The van der Waals surface area contributed by atoms with Crippen molar-refractivity contribution in [2.24, 2.45) is 28.2 Å². The van der Waals surface area contributed by atoms with Crippen molar-refractivity contribution in [3.05, 3.63) is 243 Å². The van der Waals surface area contributed by atoms with Crippen LogP contribution in [0.15, 0.2) is 243 Å². The molecule has 0 atom stereocenters. The van der Waals surface area contributed by atoms with E-state index in [1.54, 1.807) is 0 Å². The van der Waals surface area contributed by atoms with Crippen LogP contribution in [0.3, 0.4) is 0 Å². The fourth-order valence-electron chi connectivity index (χ4n) is 14.2. The number of nitrogens with one attached hydrogen (secondary N) is 4. The van der Waals surface area contributed by atoms with E-state index in [0.29, 0.717) is 0 Å². The Morgan fingerprint density at radius 3 is 1.14 bits per heavy atom. The molecule has 8 heterocycles. The summed E-state index contributed by atoms with van der Waals surface area (Å²) in [6.07, 6.45) is 0. The Labute approximate surface area is 480 Å². The van der Waals surface area contributed by atoms with Gasteiger partial charge in [-0.2, -0.15) is 0 Å². The standard InChI is InChI=1S/4C19H14N2/c1-21-18-9-5-3-7-13(18)15-10-17-14(11-19(15)21)12-6-2-4-8-16(12)20-17;1-21-18-9-5-3-7-13(18)15-10-14-12-6-2-4-8-16(12)20-17(14)11-19(15)21;1-21-16-9-5-3-7-14(16)18-17(21)11-10-13-12-6-2-4-8-15(12)20-19(13)18;1-21-16-9-5-3-7-13(16)19-17(21)11-10-15-18(19)12-6-2-4-8-14(12)20-15/h4*2-11,20H,1H3. The predicted molar refractivity (Wildman–Crippen MR) is 359 cm³/mol. The molecular formula is C76H56N8. The van der Waals surface area contributed by atoms with Gasteiger partial charge in [-0.3, -0.25) is 0 Å². The number of aryl methyl sites for hydroxylation is 4. The number of hydrogen-bond acceptors (Lipinski definition) is 0. The van der Waals surface area contributed by atoms with Crippen LogP contribution >= 0.6 is 0 Å². The maximum atomic E-state index is 3.61. The van der Waals surface area contributed by atoms with Crippen LogP contribution in [-0.4, -0.2) is 38.2 Å². The van der Waals surface area contributed by atoms with Gasteiger partial charge in [0.1, 0.15) is 0 Å². The van der Waals surface area contributed by atoms with Gasteiger partial charge in [0.25, 0.3) is 0 Å². The molecule has 8 aromatic heterocycles. The Balaban J connectivity index is 0.0000000882. The zero-order chi connectivity index (χ0) is 55.9. The number of H-pyrrole nitrogens is 4. The Bertz CT molecular complexity index is 6020. The minimum absolute atomic E-state index is 1.20. The van der Waals surface area contributed by atoms with Gasteiger partial charge in [0.2, 0.25) is 0 Å². The van der Waals surface area contributed by atoms with Crippen molar-refractivity contribution in [1.29, 1.82) is 0 Å². The molecule has 0 fully saturated rings. The maximum absolute atomic E-state index is 3.61. The van der Waals surface area contributed by atoms with Gasteiger partial charge >= 0.3 is 0 Å². The second-order valence-corrected chi connectivity index (χ2v) is 22.6. The quantitative estimate of drug-likeness (QED) is 0.117. The van der Waals surface area contributed by atoms with Crippen LogP contribution in [0.1, 0.15) is 0 Å². The van der Waals surface area contributed by atoms with Gasteiger partial charge in [0.15, 0.2) is 0 Å². The highest BCUT2D eigenvalue weighted by Crippen LogP contribution is 2.41. The molecule has 0 bridgehead atoms. The first-order valence-corrected chi connectivity index (χ1v) is 28.8. The lowest BCUT2D eigenvalue weighted by molar-refractivity contribution is 1.01. The first kappa shape index (κ1) is 47.8. The van der Waals surface area contributed by atoms with Crippen LogP contribution < -0.4 is 0 Å². The van der Waals surface area contributed by atoms with E-state index in [-0.39, 0.29) is 0 Å². The predicted octanol–water partition coefficient (Wildman–Crippen LogP) is 19.9. The topological polar surface area (TPSA) is 82.9 Å². The minimum Gasteiger partial charge on any atom is -0.354 e. The number of fused-ring (bicyclic) bond motifs is 26. The van der Waals surface area contributed by atoms with E-state index in [4.69, 9.17) is 0 Å². The SMILES string of the molecule is Cn1c2ccccc2c2c3[nH]c4ccccc4c3ccc21.Cn1c2ccccc2c2c3c(ccc21)[nH]c1ccccc13.Cn1c2ccccc2c2cc3[nH]c4ccccc4c3cc21.Cn1c2ccccc2c2cc3c(cc21)[nH]c1ccccc13. The summed E-state index contributed by atoms with van der Waals surface area (Å²) in [7, 11) is 8.56. The smallest absolute Gasteiger partial charge is 0.0566 e. The maximum Gasteiger partial charge on any atom is 0.0566 e. The number of hydrogen-bond donors (Lipinski definition) is 4. The third-order valence-corrected chi connectivity index (χ3v) is 18.2. The Kier molecular flexibility index (Phi) is 10.4. The van der Waals surface area contributed by atoms with Crippen molar-refractivity contribution in [3.63, 3.8) is 0 Å². The van der Waals surface area contributed by atoms with Gasteiger partial charge < -0.3 is 38.2 Å². The molecule has 12 aromatic carbocycles. The zero-order valence-electron chi connectivity index (χ0n) is 46.9. The number of aromatic amines is 4. The highest BCUT2D eigenvalue weighted by molar-refractivity contribution is 6.28. The van der Waals surface area contributed by atoms with Crippen molar-refractivity contribution >= 4 is 174 Å². The van der Waals surface area contributed by atoms with E-state index in [9.17, 15) is 0 Å². The summed E-state index contributed by atoms with van der Waals surface area (Å²) in [6, 6.07) is 86.5. The molecule has 0 unspecified atom stereocenters. The summed E-state index contributed by atoms with van der Waals surface area (Å²) in [5.41, 5.74) is 19.9. The van der Waals surface area contributed by atoms with Crippen molar-refractivity contribution < 1.29 is 0 Å². The molecule has 0 spiro atoms. The van der Waals surface area contributed by atoms with Gasteiger partial charge in [-0.15, -0.1) is 0 Å². The number of aromatic nitrogens is 8. The first-order valence-electron chi connectivity index (χ1n) is 28.8. The van der Waals surface area contributed by atoms with E-state index in [1.165, 1.54) is 174 Å². The lowest BCUT2D eigenvalue weighted by Crippen LogP contribution is -1.85. The molecule has 20 rings (SSSR count). The summed E-state index contributed by atoms with van der Waals surface area (Å²) in [5.74, 6) is 0. The van der Waals surface area contributed by atoms with Crippen LogP contribution in [0.4, 0.5) is 0 Å². The van der Waals surface area contributed by atoms with Crippen molar-refractivity contribution in [1.82, 2.24) is 38.2 Å². The van der Waals surface area contributed by atoms with Gasteiger partial charge in [0.05, 0.1) is 16.6 Å². The summed E-state index contributed by atoms with van der Waals surface area (Å²) in [5, 5.41) is 21.0. The normalized spacial score (nSPS) is 12.0. The molecular weight excluding hydrogens is 1020 g/mol. The van der Waals surface area contributed by atoms with E-state index in [2.05, 4.69) is 309 Å². The van der Waals surface area contributed by atoms with Crippen molar-refractivity contribution in [2.75, 3.05) is 0 Å². The molecule has 400 valence electrons. The number of rotatable bonds is 0. The molecule has 20 aromatic rings. The second kappa shape index (κ2) is 18.3. The summed E-state index contributed by atoms with van der Waals surface area (Å²) in [4.78, 5) is 14.2. The lowest BCUT2D eigenvalue weighted by Gasteiger charge is -1.98. The molecule has 8 nitrogen and oxygen atoms in total. The van der Waals surface area contributed by atoms with Crippen LogP contribution in [-0.2, 0) is 28.2 Å². The average molecular weight is 1080 g/mol. The Morgan fingerprint density at radius 2 is 0.560 bits per heavy atom. The van der Waals surface area contributed by atoms with Crippen molar-refractivity contribution in [3.8, 4) is 0 Å². The molecule has 0 radical (unpaired) electrons. The van der Waals surface area contributed by atoms with Crippen molar-refractivity contribution in [2.45, 2.75) is 0 Å². The molecule has 0 saturated heterocycles. The van der Waals surface area contributed by atoms with Gasteiger partial charge in [0, 0.05) is 186 Å². The highest BCUT2D eigenvalue weighted by Gasteiger charge is 2.18. The summed E-state index contributed by atoms with van der Waals surface area (Å²) in [6.45, 7) is 0. The Hall–Kier alpha value is -11.0. The van der Waals surface area contributed by atoms with Crippen LogP contribution in [0.5, 0.6) is 0 Å². The molecule has 84 heavy (non-hydrogen) atoms. The van der Waals surface area contributed by atoms with Crippen LogP contribution in [0.25, 0.3) is 174 Å². The zero-order valence-corrected chi connectivity index (χ0v) is 46.9. The van der Waals surface area contributed by atoms with Gasteiger partial charge in [-0.05, 0) is 91.0 Å². The minimum atomic E-state index is 1.20. The number of benzene rings is 12. The fourth-order valence-corrected chi connectivity index (χ4v) is 14.2. The molecule has 0 aliphatic heterocycles. The summed E-state index contributed by atoms with van der Waals surface area (Å²) < 4.78 is 9.11. The van der Waals surface area contributed by atoms with Crippen LogP contribution in [0, 0.1) is 0 Å². The molecule has 0 aliphatic rings. The largest absolute Gasteiger partial charge is 0.354 e. The number of para-hydroxylation sites is 8. The fraction of sp³-hybridized carbons (Fsp3) is 0.0526. The van der Waals surface area contributed by atoms with E-state index >= 15 is 0 Å². The summed E-state index contributed by atoms with van der Waals surface area (Å²) >= 11 is 0. The highest BCUT2D eigenvalue weighted by atomic mass is 15.0. The van der Waals surface area contributed by atoms with Crippen LogP contribution in [0.2, 0.25) is 0 Å². The van der Waals surface area contributed by atoms with E-state index in [1.807, 2.05) is 0 Å². The lowest BCUT2D eigenvalue weighted by atomic mass is 10.1. The molecule has 4 N–H and O–H groups in total. The van der Waals surface area contributed by atoms with Gasteiger partial charge in [-0.25, -0.2) is 0 Å².